The monoisotopic (exact) mass is 429 g/mol. The molecule has 162 valence electrons. The number of hydrogen-bond donors (Lipinski definition) is 0. The standard InChI is InChI=1S/C24H22F3NO3/c1-14-3-4-16(20(9-14)24(25,26)27)13-31-22-6-5-15(10-23(22)30-2)19-11-17(29)12-21-18(19)7-8-28-21/h3-7,9-10,19H,8,11-13H2,1-2H3/t19-/m1/s1. The highest BCUT2D eigenvalue weighted by molar-refractivity contribution is 6.15. The van der Waals surface area contributed by atoms with E-state index in [1.54, 1.807) is 25.1 Å². The van der Waals surface area contributed by atoms with Crippen molar-refractivity contribution in [3.05, 3.63) is 70.3 Å². The Morgan fingerprint density at radius 2 is 1.94 bits per heavy atom. The number of fused-ring (bicyclic) bond motifs is 1. The van der Waals surface area contributed by atoms with Gasteiger partial charge >= 0.3 is 6.18 Å². The molecule has 0 bridgehead atoms. The molecule has 0 radical (unpaired) electrons. The number of alkyl halides is 3. The number of aryl methyl sites for hydroxylation is 1. The molecular weight excluding hydrogens is 407 g/mol. The van der Waals surface area contributed by atoms with E-state index < -0.39 is 11.7 Å². The molecule has 1 fully saturated rings. The van der Waals surface area contributed by atoms with E-state index in [1.807, 2.05) is 12.1 Å². The van der Waals surface area contributed by atoms with Gasteiger partial charge < -0.3 is 9.47 Å². The van der Waals surface area contributed by atoms with E-state index in [2.05, 4.69) is 4.99 Å². The topological polar surface area (TPSA) is 47.9 Å². The number of carbonyl (C=O) groups excluding carboxylic acids is 1. The Morgan fingerprint density at radius 3 is 2.68 bits per heavy atom. The number of benzene rings is 2. The zero-order valence-corrected chi connectivity index (χ0v) is 17.3. The highest BCUT2D eigenvalue weighted by Gasteiger charge is 2.34. The van der Waals surface area contributed by atoms with Crippen molar-refractivity contribution in [2.24, 2.45) is 4.99 Å². The Balaban J connectivity index is 1.58. The minimum Gasteiger partial charge on any atom is -0.493 e. The third-order valence-corrected chi connectivity index (χ3v) is 5.64. The highest BCUT2D eigenvalue weighted by atomic mass is 19.4. The van der Waals surface area contributed by atoms with Gasteiger partial charge in [0.05, 0.1) is 19.2 Å². The average Bonchev–Trinajstić information content (AvgIpc) is 3.19. The largest absolute Gasteiger partial charge is 0.493 e. The molecule has 1 aliphatic carbocycles. The molecule has 2 aliphatic rings. The van der Waals surface area contributed by atoms with Crippen LogP contribution in [0.2, 0.25) is 0 Å². The summed E-state index contributed by atoms with van der Waals surface area (Å²) in [5, 5.41) is 0. The number of methoxy groups -OCH3 is 1. The molecule has 0 saturated heterocycles. The van der Waals surface area contributed by atoms with E-state index in [9.17, 15) is 18.0 Å². The first-order chi connectivity index (χ1) is 14.8. The van der Waals surface area contributed by atoms with Crippen LogP contribution >= 0.6 is 0 Å². The number of rotatable bonds is 5. The van der Waals surface area contributed by atoms with E-state index in [1.165, 1.54) is 13.2 Å². The second-order valence-electron chi connectivity index (χ2n) is 7.78. The lowest BCUT2D eigenvalue weighted by atomic mass is 9.78. The highest BCUT2D eigenvalue weighted by Crippen LogP contribution is 2.40. The number of ether oxygens (including phenoxy) is 2. The summed E-state index contributed by atoms with van der Waals surface area (Å²) >= 11 is 0. The van der Waals surface area contributed by atoms with Crippen molar-refractivity contribution in [3.8, 4) is 11.5 Å². The van der Waals surface area contributed by atoms with E-state index >= 15 is 0 Å². The van der Waals surface area contributed by atoms with Crippen molar-refractivity contribution in [2.75, 3.05) is 13.7 Å². The molecule has 31 heavy (non-hydrogen) atoms. The summed E-state index contributed by atoms with van der Waals surface area (Å²) in [7, 11) is 1.48. The van der Waals surface area contributed by atoms with Crippen LogP contribution in [0, 0.1) is 6.92 Å². The first-order valence-corrected chi connectivity index (χ1v) is 9.99. The lowest BCUT2D eigenvalue weighted by Crippen LogP contribution is -2.23. The van der Waals surface area contributed by atoms with Gasteiger partial charge in [0.2, 0.25) is 0 Å². The van der Waals surface area contributed by atoms with Gasteiger partial charge in [-0.1, -0.05) is 29.8 Å². The van der Waals surface area contributed by atoms with Crippen LogP contribution < -0.4 is 9.47 Å². The maximum absolute atomic E-state index is 13.4. The normalized spacial score (nSPS) is 18.4. The average molecular weight is 429 g/mol. The summed E-state index contributed by atoms with van der Waals surface area (Å²) < 4.78 is 51.3. The summed E-state index contributed by atoms with van der Waals surface area (Å²) in [5.41, 5.74) is 2.70. The quantitative estimate of drug-likeness (QED) is 0.637. The van der Waals surface area contributed by atoms with Crippen molar-refractivity contribution in [3.63, 3.8) is 0 Å². The number of ketones is 1. The summed E-state index contributed by atoms with van der Waals surface area (Å²) in [6, 6.07) is 9.48. The van der Waals surface area contributed by atoms with Crippen molar-refractivity contribution in [1.82, 2.24) is 0 Å². The Kier molecular flexibility index (Phi) is 5.60. The fourth-order valence-electron chi connectivity index (χ4n) is 4.11. The predicted molar refractivity (Wildman–Crippen MR) is 111 cm³/mol. The third-order valence-electron chi connectivity index (χ3n) is 5.64. The van der Waals surface area contributed by atoms with Gasteiger partial charge in [-0.05, 0) is 36.3 Å². The Bertz CT molecular complexity index is 1090. The molecule has 1 saturated carbocycles. The molecule has 0 aromatic heterocycles. The Labute approximate surface area is 178 Å². The van der Waals surface area contributed by atoms with Crippen LogP contribution in [0.4, 0.5) is 13.2 Å². The zero-order chi connectivity index (χ0) is 22.2. The number of allylic oxidation sites excluding steroid dienone is 1. The summed E-state index contributed by atoms with van der Waals surface area (Å²) in [5.74, 6) is 0.796. The molecule has 2 aromatic rings. The molecule has 1 aliphatic heterocycles. The summed E-state index contributed by atoms with van der Waals surface area (Å²) in [6.45, 7) is 1.97. The lowest BCUT2D eigenvalue weighted by Gasteiger charge is -2.25. The molecule has 1 atom stereocenters. The molecule has 1 heterocycles. The third kappa shape index (κ3) is 4.36. The molecule has 0 amide bonds. The van der Waals surface area contributed by atoms with E-state index in [4.69, 9.17) is 9.47 Å². The number of nitrogens with zero attached hydrogens (tertiary/aromatic N) is 1. The minimum absolute atomic E-state index is 0.0547. The van der Waals surface area contributed by atoms with Crippen molar-refractivity contribution < 1.29 is 27.4 Å². The van der Waals surface area contributed by atoms with Crippen molar-refractivity contribution >= 4 is 11.5 Å². The van der Waals surface area contributed by atoms with Crippen LogP contribution in [0.25, 0.3) is 0 Å². The van der Waals surface area contributed by atoms with E-state index in [-0.39, 0.29) is 23.9 Å². The van der Waals surface area contributed by atoms with Gasteiger partial charge in [0.15, 0.2) is 11.5 Å². The van der Waals surface area contributed by atoms with Gasteiger partial charge in [-0.25, -0.2) is 0 Å². The SMILES string of the molecule is COc1cc([C@H]2CC(=O)CC3=NCC=C32)ccc1OCc1ccc(C)cc1C(F)(F)F. The van der Waals surface area contributed by atoms with Crippen LogP contribution in [0.15, 0.2) is 53.0 Å². The number of carbonyl (C=O) groups is 1. The summed E-state index contributed by atoms with van der Waals surface area (Å²) in [4.78, 5) is 16.5. The smallest absolute Gasteiger partial charge is 0.416 e. The van der Waals surface area contributed by atoms with E-state index in [0.29, 0.717) is 36.4 Å². The molecular formula is C24H22F3NO3. The Morgan fingerprint density at radius 1 is 1.13 bits per heavy atom. The minimum atomic E-state index is -4.46. The second-order valence-corrected chi connectivity index (χ2v) is 7.78. The molecule has 7 heteroatoms. The number of Topliss-reactive ketones (excluding diaryl/α,β-unsaturated/α-hetero) is 1. The van der Waals surface area contributed by atoms with Crippen LogP contribution in [0.3, 0.4) is 0 Å². The van der Waals surface area contributed by atoms with Gasteiger partial charge in [0.25, 0.3) is 0 Å². The van der Waals surface area contributed by atoms with Gasteiger partial charge in [-0.3, -0.25) is 9.79 Å². The first-order valence-electron chi connectivity index (χ1n) is 9.99. The maximum atomic E-state index is 13.4. The van der Waals surface area contributed by atoms with Crippen LogP contribution in [0.5, 0.6) is 11.5 Å². The lowest BCUT2D eigenvalue weighted by molar-refractivity contribution is -0.138. The fourth-order valence-corrected chi connectivity index (χ4v) is 4.11. The van der Waals surface area contributed by atoms with Crippen LogP contribution in [-0.4, -0.2) is 25.1 Å². The van der Waals surface area contributed by atoms with Gasteiger partial charge in [0, 0.05) is 30.0 Å². The van der Waals surface area contributed by atoms with Crippen LogP contribution in [-0.2, 0) is 17.6 Å². The van der Waals surface area contributed by atoms with Gasteiger partial charge in [-0.15, -0.1) is 0 Å². The number of halogens is 3. The molecule has 0 spiro atoms. The molecule has 0 unspecified atom stereocenters. The second kappa shape index (κ2) is 8.21. The first kappa shape index (κ1) is 21.2. The fraction of sp³-hybridized carbons (Fsp3) is 0.333. The summed E-state index contributed by atoms with van der Waals surface area (Å²) in [6.07, 6.45) is -1.65. The predicted octanol–water partition coefficient (Wildman–Crippen LogP) is 5.43. The van der Waals surface area contributed by atoms with Gasteiger partial charge in [-0.2, -0.15) is 13.2 Å². The number of aliphatic imine (C=N–C) groups is 1. The van der Waals surface area contributed by atoms with E-state index in [0.717, 1.165) is 22.9 Å². The van der Waals surface area contributed by atoms with Crippen molar-refractivity contribution in [2.45, 2.75) is 38.5 Å². The molecule has 2 aromatic carbocycles. The molecule has 4 nitrogen and oxygen atoms in total. The Hall–Kier alpha value is -3.09. The maximum Gasteiger partial charge on any atom is 0.416 e. The number of hydrogen-bond acceptors (Lipinski definition) is 4. The molecule has 0 N–H and O–H groups in total. The molecule has 4 rings (SSSR count). The van der Waals surface area contributed by atoms with Crippen LogP contribution in [0.1, 0.15) is 41.0 Å². The van der Waals surface area contributed by atoms with Crippen molar-refractivity contribution in [1.29, 1.82) is 0 Å². The zero-order valence-electron chi connectivity index (χ0n) is 17.3. The van der Waals surface area contributed by atoms with Gasteiger partial charge in [0.1, 0.15) is 12.4 Å².